The second kappa shape index (κ2) is 5.98. The second-order valence-corrected chi connectivity index (χ2v) is 5.07. The highest BCUT2D eigenvalue weighted by atomic mass is 32.1. The van der Waals surface area contributed by atoms with Crippen LogP contribution in [0.4, 0.5) is 10.8 Å². The number of nitrogens with one attached hydrogen (secondary N) is 1. The third-order valence-electron chi connectivity index (χ3n) is 2.79. The van der Waals surface area contributed by atoms with Gasteiger partial charge in [0.2, 0.25) is 0 Å². The van der Waals surface area contributed by atoms with Gasteiger partial charge in [0.05, 0.1) is 5.69 Å². The summed E-state index contributed by atoms with van der Waals surface area (Å²) < 4.78 is 0. The van der Waals surface area contributed by atoms with Crippen LogP contribution in [-0.4, -0.2) is 18.6 Å². The van der Waals surface area contributed by atoms with E-state index in [0.29, 0.717) is 0 Å². The molecule has 96 valence electrons. The van der Waals surface area contributed by atoms with Gasteiger partial charge >= 0.3 is 0 Å². The predicted octanol–water partition coefficient (Wildman–Crippen LogP) is 3.33. The van der Waals surface area contributed by atoms with E-state index < -0.39 is 0 Å². The van der Waals surface area contributed by atoms with Crippen LogP contribution in [0.1, 0.15) is 18.2 Å². The maximum Gasteiger partial charge on any atom is 0.190 e. The number of rotatable bonds is 5. The van der Waals surface area contributed by atoms with E-state index in [9.17, 15) is 0 Å². The minimum absolute atomic E-state index is 0.821. The smallest absolute Gasteiger partial charge is 0.190 e. The van der Waals surface area contributed by atoms with Crippen molar-refractivity contribution in [3.05, 3.63) is 40.9 Å². The van der Waals surface area contributed by atoms with Gasteiger partial charge < -0.3 is 10.2 Å². The highest BCUT2D eigenvalue weighted by Crippen LogP contribution is 2.28. The molecule has 1 aromatic heterocycles. The average molecular weight is 261 g/mol. The van der Waals surface area contributed by atoms with E-state index in [1.807, 2.05) is 7.05 Å². The monoisotopic (exact) mass is 261 g/mol. The zero-order valence-corrected chi connectivity index (χ0v) is 11.9. The molecule has 1 aromatic carbocycles. The number of anilines is 2. The summed E-state index contributed by atoms with van der Waals surface area (Å²) in [7, 11) is 1.94. The van der Waals surface area contributed by atoms with Gasteiger partial charge in [0.25, 0.3) is 0 Å². The number of hydrogen-bond donors (Lipinski definition) is 1. The third kappa shape index (κ3) is 2.89. The Hall–Kier alpha value is -1.39. The van der Waals surface area contributed by atoms with Gasteiger partial charge in [0.1, 0.15) is 0 Å². The first-order chi connectivity index (χ1) is 8.74. The second-order valence-electron chi connectivity index (χ2n) is 4.23. The van der Waals surface area contributed by atoms with Crippen LogP contribution in [0.5, 0.6) is 0 Å². The Morgan fingerprint density at radius 2 is 2.00 bits per heavy atom. The first-order valence-corrected chi connectivity index (χ1v) is 7.05. The largest absolute Gasteiger partial charge is 0.318 e. The van der Waals surface area contributed by atoms with Crippen molar-refractivity contribution >= 4 is 22.2 Å². The maximum absolute atomic E-state index is 4.65. The topological polar surface area (TPSA) is 28.2 Å². The predicted molar refractivity (Wildman–Crippen MR) is 78.7 cm³/mol. The number of nitrogens with zero attached hydrogens (tertiary/aromatic N) is 2. The van der Waals surface area contributed by atoms with E-state index in [1.54, 1.807) is 11.3 Å². The Labute approximate surface area is 112 Å². The SMILES string of the molecule is CCN(c1ccc(C)cc1)c1nc(CNC)cs1. The Bertz CT molecular complexity index is 490. The summed E-state index contributed by atoms with van der Waals surface area (Å²) in [6, 6.07) is 8.58. The van der Waals surface area contributed by atoms with Gasteiger partial charge in [-0.05, 0) is 33.0 Å². The normalized spacial score (nSPS) is 10.6. The highest BCUT2D eigenvalue weighted by molar-refractivity contribution is 7.13. The minimum atomic E-state index is 0.821. The van der Waals surface area contributed by atoms with Gasteiger partial charge in [0.15, 0.2) is 5.13 Å². The molecule has 0 unspecified atom stereocenters. The van der Waals surface area contributed by atoms with E-state index in [0.717, 1.165) is 23.9 Å². The molecular formula is C14H19N3S. The van der Waals surface area contributed by atoms with Crippen molar-refractivity contribution in [1.82, 2.24) is 10.3 Å². The molecule has 1 N–H and O–H groups in total. The van der Waals surface area contributed by atoms with Gasteiger partial charge in [0, 0.05) is 24.2 Å². The Morgan fingerprint density at radius 1 is 1.28 bits per heavy atom. The van der Waals surface area contributed by atoms with Crippen molar-refractivity contribution in [1.29, 1.82) is 0 Å². The van der Waals surface area contributed by atoms with Gasteiger partial charge in [-0.3, -0.25) is 0 Å². The van der Waals surface area contributed by atoms with Crippen LogP contribution >= 0.6 is 11.3 Å². The standard InChI is InChI=1S/C14H19N3S/c1-4-17(13-7-5-11(2)6-8-13)14-16-12(9-15-3)10-18-14/h5-8,10,15H,4,9H2,1-3H3. The fraction of sp³-hybridized carbons (Fsp3) is 0.357. The summed E-state index contributed by atoms with van der Waals surface area (Å²) in [6.07, 6.45) is 0. The molecule has 0 aliphatic carbocycles. The lowest BCUT2D eigenvalue weighted by Gasteiger charge is -2.20. The molecular weight excluding hydrogens is 242 g/mol. The van der Waals surface area contributed by atoms with Crippen LogP contribution in [-0.2, 0) is 6.54 Å². The summed E-state index contributed by atoms with van der Waals surface area (Å²) in [4.78, 5) is 6.89. The van der Waals surface area contributed by atoms with Crippen LogP contribution < -0.4 is 10.2 Å². The van der Waals surface area contributed by atoms with Crippen LogP contribution in [0.3, 0.4) is 0 Å². The highest BCUT2D eigenvalue weighted by Gasteiger charge is 2.11. The lowest BCUT2D eigenvalue weighted by Crippen LogP contribution is -2.16. The van der Waals surface area contributed by atoms with Crippen LogP contribution in [0.2, 0.25) is 0 Å². The van der Waals surface area contributed by atoms with E-state index >= 15 is 0 Å². The van der Waals surface area contributed by atoms with Crippen molar-refractivity contribution in [3.8, 4) is 0 Å². The minimum Gasteiger partial charge on any atom is -0.318 e. The molecule has 0 saturated heterocycles. The van der Waals surface area contributed by atoms with E-state index in [2.05, 4.69) is 58.7 Å². The van der Waals surface area contributed by atoms with Gasteiger partial charge in [-0.1, -0.05) is 17.7 Å². The van der Waals surface area contributed by atoms with Gasteiger partial charge in [-0.25, -0.2) is 4.98 Å². The molecule has 4 heteroatoms. The number of benzene rings is 1. The van der Waals surface area contributed by atoms with Crippen LogP contribution in [0, 0.1) is 6.92 Å². The number of aryl methyl sites for hydroxylation is 1. The van der Waals surface area contributed by atoms with E-state index in [-0.39, 0.29) is 0 Å². The first-order valence-electron chi connectivity index (χ1n) is 6.17. The molecule has 18 heavy (non-hydrogen) atoms. The number of thiazole rings is 1. The van der Waals surface area contributed by atoms with Crippen LogP contribution in [0.15, 0.2) is 29.6 Å². The molecule has 0 fully saturated rings. The van der Waals surface area contributed by atoms with Crippen molar-refractivity contribution < 1.29 is 0 Å². The van der Waals surface area contributed by atoms with Crippen molar-refractivity contribution in [2.75, 3.05) is 18.5 Å². The number of aromatic nitrogens is 1. The Balaban J connectivity index is 2.24. The summed E-state index contributed by atoms with van der Waals surface area (Å²) in [5, 5.41) is 6.30. The molecule has 0 amide bonds. The fourth-order valence-corrected chi connectivity index (χ4v) is 2.74. The van der Waals surface area contributed by atoms with Gasteiger partial charge in [-0.15, -0.1) is 11.3 Å². The van der Waals surface area contributed by atoms with Crippen LogP contribution in [0.25, 0.3) is 0 Å². The molecule has 0 aliphatic heterocycles. The zero-order valence-electron chi connectivity index (χ0n) is 11.1. The maximum atomic E-state index is 4.65. The molecule has 0 bridgehead atoms. The fourth-order valence-electron chi connectivity index (χ4n) is 1.84. The molecule has 0 aliphatic rings. The summed E-state index contributed by atoms with van der Waals surface area (Å²) in [6.45, 7) is 6.00. The quantitative estimate of drug-likeness (QED) is 0.895. The number of hydrogen-bond acceptors (Lipinski definition) is 4. The molecule has 0 spiro atoms. The van der Waals surface area contributed by atoms with Gasteiger partial charge in [-0.2, -0.15) is 0 Å². The molecule has 0 atom stereocenters. The summed E-state index contributed by atoms with van der Waals surface area (Å²) >= 11 is 1.70. The lowest BCUT2D eigenvalue weighted by molar-refractivity contribution is 0.795. The Morgan fingerprint density at radius 3 is 2.61 bits per heavy atom. The molecule has 3 nitrogen and oxygen atoms in total. The molecule has 2 rings (SSSR count). The first kappa shape index (κ1) is 13.1. The zero-order chi connectivity index (χ0) is 13.0. The third-order valence-corrected chi connectivity index (χ3v) is 3.70. The molecule has 2 aromatic rings. The molecule has 1 heterocycles. The average Bonchev–Trinajstić information content (AvgIpc) is 2.82. The van der Waals surface area contributed by atoms with E-state index in [1.165, 1.54) is 11.3 Å². The van der Waals surface area contributed by atoms with E-state index in [4.69, 9.17) is 0 Å². The summed E-state index contributed by atoms with van der Waals surface area (Å²) in [5.41, 5.74) is 3.58. The lowest BCUT2D eigenvalue weighted by atomic mass is 10.2. The summed E-state index contributed by atoms with van der Waals surface area (Å²) in [5.74, 6) is 0. The molecule has 0 radical (unpaired) electrons. The van der Waals surface area contributed by atoms with Crippen molar-refractivity contribution in [2.45, 2.75) is 20.4 Å². The Kier molecular flexibility index (Phi) is 4.33. The van der Waals surface area contributed by atoms with Crippen molar-refractivity contribution in [2.24, 2.45) is 0 Å². The van der Waals surface area contributed by atoms with Crippen molar-refractivity contribution in [3.63, 3.8) is 0 Å². The molecule has 0 saturated carbocycles.